The van der Waals surface area contributed by atoms with Gasteiger partial charge in [-0.1, -0.05) is 29.7 Å². The summed E-state index contributed by atoms with van der Waals surface area (Å²) in [6.07, 6.45) is 0.771. The van der Waals surface area contributed by atoms with Gasteiger partial charge in [0.1, 0.15) is 4.90 Å². The van der Waals surface area contributed by atoms with Gasteiger partial charge in [-0.25, -0.2) is 18.0 Å². The predicted molar refractivity (Wildman–Crippen MR) is 128 cm³/mol. The van der Waals surface area contributed by atoms with Gasteiger partial charge in [-0.15, -0.1) is 0 Å². The van der Waals surface area contributed by atoms with Crippen LogP contribution < -0.4 is 10.6 Å². The molecule has 0 aliphatic heterocycles. The molecule has 0 radical (unpaired) electrons. The first-order chi connectivity index (χ1) is 16.6. The lowest BCUT2D eigenvalue weighted by atomic mass is 10.2. The third-order valence-corrected chi connectivity index (χ3v) is 8.87. The zero-order valence-electron chi connectivity index (χ0n) is 19.9. The summed E-state index contributed by atoms with van der Waals surface area (Å²) in [6, 6.07) is 2.09. The minimum absolute atomic E-state index is 0.0181. The Kier molecular flexibility index (Phi) is 9.65. The van der Waals surface area contributed by atoms with Crippen molar-refractivity contribution in [3.8, 4) is 5.75 Å². The topological polar surface area (TPSA) is 136 Å². The Morgan fingerprint density at radius 2 is 1.78 bits per heavy atom. The lowest BCUT2D eigenvalue weighted by Crippen LogP contribution is -2.39. The van der Waals surface area contributed by atoms with Crippen molar-refractivity contribution in [3.05, 3.63) is 28.8 Å². The van der Waals surface area contributed by atoms with Crippen LogP contribution in [0.1, 0.15) is 39.0 Å². The molecule has 2 amide bonds. The largest absolute Gasteiger partial charge is 0.504 e. The number of hydrogen-bond acceptors (Lipinski definition) is 6. The highest BCUT2D eigenvalue weighted by molar-refractivity contribution is 7.92. The molecule has 0 bridgehead atoms. The smallest absolute Gasteiger partial charge is 0.490 e. The molecule has 202 valence electrons. The number of phenols is 1. The first-order valence-electron chi connectivity index (χ1n) is 11.0. The molecule has 4 N–H and O–H groups in total. The number of carbonyl (C=O) groups excluding carboxylic acids is 1. The lowest BCUT2D eigenvalue weighted by Gasteiger charge is -2.27. The van der Waals surface area contributed by atoms with Crippen LogP contribution in [0.3, 0.4) is 0 Å². The van der Waals surface area contributed by atoms with Crippen LogP contribution in [0.5, 0.6) is 5.75 Å². The van der Waals surface area contributed by atoms with E-state index in [1.54, 1.807) is 0 Å². The first-order valence-corrected chi connectivity index (χ1v) is 13.0. The van der Waals surface area contributed by atoms with Gasteiger partial charge in [0.05, 0.1) is 22.0 Å². The van der Waals surface area contributed by atoms with Crippen molar-refractivity contribution in [1.29, 1.82) is 0 Å². The second-order valence-corrected chi connectivity index (χ2v) is 11.3. The number of carboxylic acids is 1. The highest BCUT2D eigenvalue weighted by Crippen LogP contribution is 2.42. The van der Waals surface area contributed by atoms with Gasteiger partial charge in [0.15, 0.2) is 15.6 Å². The summed E-state index contributed by atoms with van der Waals surface area (Å²) in [5, 5.41) is 22.5. The summed E-state index contributed by atoms with van der Waals surface area (Å²) in [6.45, 7) is 1.95. The van der Waals surface area contributed by atoms with Crippen molar-refractivity contribution in [2.24, 2.45) is 0 Å². The van der Waals surface area contributed by atoms with E-state index in [-0.39, 0.29) is 27.7 Å². The van der Waals surface area contributed by atoms with Crippen LogP contribution in [-0.2, 0) is 14.6 Å². The highest BCUT2D eigenvalue weighted by Gasteiger charge is 2.42. The van der Waals surface area contributed by atoms with Crippen molar-refractivity contribution in [3.63, 3.8) is 0 Å². The number of aromatic hydroxyl groups is 1. The maximum atomic E-state index is 13.3. The molecule has 1 fully saturated rings. The number of benzene rings is 1. The van der Waals surface area contributed by atoms with Gasteiger partial charge in [-0.2, -0.15) is 13.2 Å². The summed E-state index contributed by atoms with van der Waals surface area (Å²) in [7, 11) is -0.190. The van der Waals surface area contributed by atoms with Crippen molar-refractivity contribution < 1.29 is 41.4 Å². The van der Waals surface area contributed by atoms with Gasteiger partial charge < -0.3 is 25.7 Å². The molecule has 3 rings (SSSR count). The van der Waals surface area contributed by atoms with E-state index in [9.17, 15) is 31.5 Å². The summed E-state index contributed by atoms with van der Waals surface area (Å²) < 4.78 is 58.4. The Hall–Kier alpha value is -2.51. The number of nitrogens with zero attached hydrogens (tertiary/aromatic N) is 1. The quantitative estimate of drug-likeness (QED) is 0.316. The monoisotopic (exact) mass is 555 g/mol. The van der Waals surface area contributed by atoms with Crippen LogP contribution in [0.2, 0.25) is 5.02 Å². The number of phenolic OH excluding ortho intramolecular Hbond substituents is 1. The SMILES string of the molecule is CC1=CCC[C@H]1NC(=O)Nc1ccc(Cl)c(S(=O)(=O)[C@H]2CCC[C@H]2N(C)C)c1O.O=C(O)C(F)(F)F. The van der Waals surface area contributed by atoms with Gasteiger partial charge in [0.25, 0.3) is 0 Å². The molecule has 36 heavy (non-hydrogen) atoms. The molecule has 3 atom stereocenters. The van der Waals surface area contributed by atoms with E-state index < -0.39 is 39.0 Å². The van der Waals surface area contributed by atoms with Gasteiger partial charge in [0, 0.05) is 6.04 Å². The molecule has 0 heterocycles. The fraction of sp³-hybridized carbons (Fsp3) is 0.545. The number of halogens is 4. The average molecular weight is 556 g/mol. The van der Waals surface area contributed by atoms with E-state index in [4.69, 9.17) is 21.5 Å². The molecule has 0 unspecified atom stereocenters. The van der Waals surface area contributed by atoms with Crippen molar-refractivity contribution in [2.75, 3.05) is 19.4 Å². The van der Waals surface area contributed by atoms with Crippen LogP contribution in [0.25, 0.3) is 0 Å². The summed E-state index contributed by atoms with van der Waals surface area (Å²) in [5.74, 6) is -3.27. The number of carbonyl (C=O) groups is 2. The molecule has 2 aliphatic carbocycles. The van der Waals surface area contributed by atoms with Crippen LogP contribution in [0.4, 0.5) is 23.7 Å². The molecule has 1 aromatic rings. The number of hydrogen-bond donors (Lipinski definition) is 4. The number of nitrogens with one attached hydrogen (secondary N) is 2. The Balaban J connectivity index is 0.000000572. The number of alkyl halides is 3. The van der Waals surface area contributed by atoms with Crippen LogP contribution >= 0.6 is 11.6 Å². The number of aliphatic carboxylic acids is 1. The Morgan fingerprint density at radius 1 is 1.17 bits per heavy atom. The zero-order valence-corrected chi connectivity index (χ0v) is 21.5. The van der Waals surface area contributed by atoms with Crippen molar-refractivity contribution in [2.45, 2.75) is 67.4 Å². The number of anilines is 1. The van der Waals surface area contributed by atoms with Gasteiger partial charge in [0.2, 0.25) is 0 Å². The second kappa shape index (κ2) is 11.7. The lowest BCUT2D eigenvalue weighted by molar-refractivity contribution is -0.192. The highest BCUT2D eigenvalue weighted by atomic mass is 35.5. The van der Waals surface area contributed by atoms with E-state index >= 15 is 0 Å². The second-order valence-electron chi connectivity index (χ2n) is 8.80. The standard InChI is InChI=1S/C20H28ClN3O4S.C2HF3O2/c1-12-6-4-7-14(12)22-20(26)23-15-11-10-13(21)19(18(15)25)29(27,28)17-9-5-8-16(17)24(2)3;3-2(4,5)1(6)7/h6,10-11,14,16-17,25H,4-5,7-9H2,1-3H3,(H2,22,23,26);(H,6,7)/t14-,16-,17+;/m1./s1. The normalized spacial score (nSPS) is 22.0. The maximum absolute atomic E-state index is 13.3. The van der Waals surface area contributed by atoms with Gasteiger partial charge >= 0.3 is 18.2 Å². The molecular formula is C22H29ClF3N3O6S. The molecule has 1 aromatic carbocycles. The maximum Gasteiger partial charge on any atom is 0.490 e. The molecular weight excluding hydrogens is 527 g/mol. The summed E-state index contributed by atoms with van der Waals surface area (Å²) >= 11 is 6.20. The minimum Gasteiger partial charge on any atom is -0.504 e. The Labute approximate surface area is 212 Å². The minimum atomic E-state index is -5.08. The zero-order chi connectivity index (χ0) is 27.4. The van der Waals surface area contributed by atoms with Crippen molar-refractivity contribution in [1.82, 2.24) is 10.2 Å². The molecule has 0 aromatic heterocycles. The third-order valence-electron chi connectivity index (χ3n) is 6.11. The fourth-order valence-corrected chi connectivity index (χ4v) is 7.05. The fourth-order valence-electron chi connectivity index (χ4n) is 4.28. The summed E-state index contributed by atoms with van der Waals surface area (Å²) in [5.41, 5.74) is 1.10. The van der Waals surface area contributed by atoms with E-state index in [0.717, 1.165) is 31.3 Å². The summed E-state index contributed by atoms with van der Waals surface area (Å²) in [4.78, 5) is 22.8. The van der Waals surface area contributed by atoms with E-state index in [0.29, 0.717) is 6.42 Å². The van der Waals surface area contributed by atoms with E-state index in [2.05, 4.69) is 16.7 Å². The number of allylic oxidation sites excluding steroid dienone is 1. The van der Waals surface area contributed by atoms with Gasteiger partial charge in [-0.3, -0.25) is 0 Å². The van der Waals surface area contributed by atoms with Crippen LogP contribution in [0, 0.1) is 0 Å². The molecule has 0 saturated heterocycles. The third kappa shape index (κ3) is 7.04. The van der Waals surface area contributed by atoms with Crippen molar-refractivity contribution >= 4 is 39.1 Å². The first kappa shape index (κ1) is 29.7. The molecule has 14 heteroatoms. The molecule has 9 nitrogen and oxygen atoms in total. The number of rotatable bonds is 5. The van der Waals surface area contributed by atoms with Gasteiger partial charge in [-0.05, 0) is 58.8 Å². The molecule has 0 spiro atoms. The molecule has 2 aliphatic rings. The van der Waals surface area contributed by atoms with E-state index in [1.165, 1.54) is 12.1 Å². The number of sulfone groups is 1. The average Bonchev–Trinajstić information content (AvgIpc) is 3.40. The van der Waals surface area contributed by atoms with Crippen LogP contribution in [-0.4, -0.2) is 73.1 Å². The van der Waals surface area contributed by atoms with Crippen LogP contribution in [0.15, 0.2) is 28.7 Å². The van der Waals surface area contributed by atoms with E-state index in [1.807, 2.05) is 25.9 Å². The Morgan fingerprint density at radius 3 is 2.28 bits per heavy atom. The number of carboxylic acid groups (broad SMARTS) is 1. The predicted octanol–water partition coefficient (Wildman–Crippen LogP) is 4.17. The number of amides is 2. The Bertz CT molecular complexity index is 1120. The number of urea groups is 1. The molecule has 1 saturated carbocycles.